The van der Waals surface area contributed by atoms with Crippen molar-refractivity contribution in [3.63, 3.8) is 0 Å². The maximum Gasteiger partial charge on any atom is 0.261 e. The van der Waals surface area contributed by atoms with Gasteiger partial charge < -0.3 is 15.0 Å². The van der Waals surface area contributed by atoms with Crippen LogP contribution in [-0.2, 0) is 28.0 Å². The van der Waals surface area contributed by atoms with Gasteiger partial charge in [-0.15, -0.1) is 0 Å². The van der Waals surface area contributed by atoms with Gasteiger partial charge in [0.15, 0.2) is 6.61 Å². The number of rotatable bonds is 9. The lowest BCUT2D eigenvalue weighted by Gasteiger charge is -2.31. The molecule has 0 aromatic heterocycles. The molecule has 0 bridgehead atoms. The van der Waals surface area contributed by atoms with E-state index in [0.717, 1.165) is 16.7 Å². The maximum atomic E-state index is 13.5. The van der Waals surface area contributed by atoms with Crippen molar-refractivity contribution in [2.45, 2.75) is 52.1 Å². The van der Waals surface area contributed by atoms with E-state index in [2.05, 4.69) is 26.1 Å². The predicted molar refractivity (Wildman–Crippen MR) is 140 cm³/mol. The Morgan fingerprint density at radius 3 is 2.09 bits per heavy atom. The van der Waals surface area contributed by atoms with Crippen LogP contribution in [0, 0.1) is 6.92 Å². The number of aryl methyl sites for hydroxylation is 1. The molecule has 2 amide bonds. The molecule has 184 valence electrons. The molecule has 0 heterocycles. The molecule has 0 radical (unpaired) electrons. The zero-order valence-electron chi connectivity index (χ0n) is 21.4. The van der Waals surface area contributed by atoms with Gasteiger partial charge in [0.2, 0.25) is 5.91 Å². The summed E-state index contributed by atoms with van der Waals surface area (Å²) < 4.78 is 5.86. The van der Waals surface area contributed by atoms with Crippen molar-refractivity contribution >= 4 is 11.8 Å². The van der Waals surface area contributed by atoms with E-state index in [4.69, 9.17) is 4.74 Å². The van der Waals surface area contributed by atoms with Crippen molar-refractivity contribution in [2.75, 3.05) is 13.7 Å². The highest BCUT2D eigenvalue weighted by molar-refractivity contribution is 5.88. The minimum absolute atomic E-state index is 0.0390. The zero-order valence-corrected chi connectivity index (χ0v) is 21.4. The van der Waals surface area contributed by atoms with E-state index in [1.54, 1.807) is 11.9 Å². The van der Waals surface area contributed by atoms with Crippen LogP contribution in [0.4, 0.5) is 0 Å². The molecule has 3 aromatic rings. The summed E-state index contributed by atoms with van der Waals surface area (Å²) >= 11 is 0. The van der Waals surface area contributed by atoms with Crippen molar-refractivity contribution in [1.29, 1.82) is 0 Å². The van der Waals surface area contributed by atoms with Crippen molar-refractivity contribution < 1.29 is 14.3 Å². The zero-order chi connectivity index (χ0) is 25.4. The number of nitrogens with zero attached hydrogens (tertiary/aromatic N) is 1. The van der Waals surface area contributed by atoms with Crippen molar-refractivity contribution in [3.8, 4) is 5.75 Å². The first-order chi connectivity index (χ1) is 16.7. The third kappa shape index (κ3) is 7.44. The molecule has 0 saturated carbocycles. The van der Waals surface area contributed by atoms with Gasteiger partial charge in [0, 0.05) is 20.0 Å². The van der Waals surface area contributed by atoms with Crippen LogP contribution in [0.1, 0.15) is 43.0 Å². The Hall–Kier alpha value is -3.60. The summed E-state index contributed by atoms with van der Waals surface area (Å²) in [7, 11) is 1.60. The Morgan fingerprint density at radius 1 is 0.886 bits per heavy atom. The highest BCUT2D eigenvalue weighted by atomic mass is 16.5. The van der Waals surface area contributed by atoms with E-state index in [1.165, 1.54) is 5.56 Å². The monoisotopic (exact) mass is 472 g/mol. The Kier molecular flexibility index (Phi) is 8.69. The number of hydrogen-bond acceptors (Lipinski definition) is 3. The Balaban J connectivity index is 1.83. The minimum atomic E-state index is -0.664. The van der Waals surface area contributed by atoms with Crippen LogP contribution in [0.3, 0.4) is 0 Å². The maximum absolute atomic E-state index is 13.5. The van der Waals surface area contributed by atoms with Gasteiger partial charge in [-0.25, -0.2) is 0 Å². The summed E-state index contributed by atoms with van der Waals surface area (Å²) in [6.45, 7) is 8.65. The van der Waals surface area contributed by atoms with Gasteiger partial charge in [0.05, 0.1) is 0 Å². The normalized spacial score (nSPS) is 12.0. The van der Waals surface area contributed by atoms with Gasteiger partial charge in [-0.2, -0.15) is 0 Å². The third-order valence-corrected chi connectivity index (χ3v) is 6.07. The number of carbonyl (C=O) groups is 2. The highest BCUT2D eigenvalue weighted by Gasteiger charge is 2.30. The molecule has 5 nitrogen and oxygen atoms in total. The van der Waals surface area contributed by atoms with E-state index >= 15 is 0 Å². The van der Waals surface area contributed by atoms with Crippen molar-refractivity contribution in [1.82, 2.24) is 10.2 Å². The molecule has 35 heavy (non-hydrogen) atoms. The second-order valence-electron chi connectivity index (χ2n) is 9.89. The van der Waals surface area contributed by atoms with Gasteiger partial charge in [0.1, 0.15) is 11.8 Å². The molecular weight excluding hydrogens is 436 g/mol. The van der Waals surface area contributed by atoms with Crippen LogP contribution in [0.15, 0.2) is 78.9 Å². The van der Waals surface area contributed by atoms with Gasteiger partial charge >= 0.3 is 0 Å². The molecule has 0 fully saturated rings. The van der Waals surface area contributed by atoms with E-state index in [9.17, 15) is 9.59 Å². The lowest BCUT2D eigenvalue weighted by Crippen LogP contribution is -2.51. The molecule has 0 saturated heterocycles. The summed E-state index contributed by atoms with van der Waals surface area (Å²) in [6, 6.07) is 24.9. The smallest absolute Gasteiger partial charge is 0.261 e. The van der Waals surface area contributed by atoms with Gasteiger partial charge in [-0.05, 0) is 41.2 Å². The van der Waals surface area contributed by atoms with Crippen LogP contribution in [0.5, 0.6) is 5.75 Å². The van der Waals surface area contributed by atoms with E-state index in [-0.39, 0.29) is 23.8 Å². The molecule has 0 aliphatic carbocycles. The van der Waals surface area contributed by atoms with Gasteiger partial charge in [0.25, 0.3) is 5.91 Å². The second-order valence-corrected chi connectivity index (χ2v) is 9.89. The Bertz CT molecular complexity index is 1100. The summed E-state index contributed by atoms with van der Waals surface area (Å²) in [4.78, 5) is 28.1. The fourth-order valence-corrected chi connectivity index (χ4v) is 3.89. The van der Waals surface area contributed by atoms with Crippen molar-refractivity contribution in [2.24, 2.45) is 0 Å². The fraction of sp³-hybridized carbons (Fsp3) is 0.333. The summed E-state index contributed by atoms with van der Waals surface area (Å²) in [6.07, 6.45) is 0.415. The summed E-state index contributed by atoms with van der Waals surface area (Å²) in [5, 5.41) is 2.74. The Labute approximate surface area is 209 Å². The largest absolute Gasteiger partial charge is 0.484 e. The number of carbonyl (C=O) groups excluding carboxylic acids is 2. The van der Waals surface area contributed by atoms with E-state index in [0.29, 0.717) is 18.7 Å². The standard InChI is InChI=1S/C30H36N2O3/c1-22-11-13-24(14-12-22)20-32(27(29(34)31-5)19-23-9-7-6-8-10-23)28(33)21-35-26-17-15-25(16-18-26)30(2,3)4/h6-18,27H,19-21H2,1-5H3,(H,31,34)/t27-/m0/s1. The van der Waals surface area contributed by atoms with E-state index in [1.807, 2.05) is 85.8 Å². The summed E-state index contributed by atoms with van der Waals surface area (Å²) in [5.41, 5.74) is 4.32. The minimum Gasteiger partial charge on any atom is -0.484 e. The molecule has 0 spiro atoms. The third-order valence-electron chi connectivity index (χ3n) is 6.07. The first-order valence-corrected chi connectivity index (χ1v) is 12.0. The topological polar surface area (TPSA) is 58.6 Å². The molecule has 1 atom stereocenters. The average Bonchev–Trinajstić information content (AvgIpc) is 2.85. The van der Waals surface area contributed by atoms with Gasteiger partial charge in [-0.1, -0.05) is 93.1 Å². The Morgan fingerprint density at radius 2 is 1.51 bits per heavy atom. The number of amides is 2. The quantitative estimate of drug-likeness (QED) is 0.474. The number of ether oxygens (including phenoxy) is 1. The first-order valence-electron chi connectivity index (χ1n) is 12.0. The van der Waals surface area contributed by atoms with E-state index < -0.39 is 6.04 Å². The van der Waals surface area contributed by atoms with Crippen LogP contribution in [0.2, 0.25) is 0 Å². The number of nitrogens with one attached hydrogen (secondary N) is 1. The number of likely N-dealkylation sites (N-methyl/N-ethyl adjacent to an activating group) is 1. The number of hydrogen-bond donors (Lipinski definition) is 1. The predicted octanol–water partition coefficient (Wildman–Crippen LogP) is 5.06. The molecule has 5 heteroatoms. The van der Waals surface area contributed by atoms with Crippen LogP contribution in [0.25, 0.3) is 0 Å². The highest BCUT2D eigenvalue weighted by Crippen LogP contribution is 2.24. The fourth-order valence-electron chi connectivity index (χ4n) is 3.89. The van der Waals surface area contributed by atoms with Crippen LogP contribution >= 0.6 is 0 Å². The lowest BCUT2D eigenvalue weighted by molar-refractivity contribution is -0.142. The molecule has 0 aliphatic rings. The first kappa shape index (κ1) is 26.0. The van der Waals surface area contributed by atoms with Crippen molar-refractivity contribution in [3.05, 3.63) is 101 Å². The van der Waals surface area contributed by atoms with Gasteiger partial charge in [-0.3, -0.25) is 9.59 Å². The lowest BCUT2D eigenvalue weighted by atomic mass is 9.87. The average molecular weight is 473 g/mol. The van der Waals surface area contributed by atoms with Crippen LogP contribution in [-0.4, -0.2) is 36.4 Å². The molecule has 0 unspecified atom stereocenters. The number of benzene rings is 3. The summed E-state index contributed by atoms with van der Waals surface area (Å²) in [5.74, 6) is 0.181. The molecular formula is C30H36N2O3. The molecule has 1 N–H and O–H groups in total. The van der Waals surface area contributed by atoms with Crippen LogP contribution < -0.4 is 10.1 Å². The SMILES string of the molecule is CNC(=O)[C@H](Cc1ccccc1)N(Cc1ccc(C)cc1)C(=O)COc1ccc(C(C)(C)C)cc1. The second kappa shape index (κ2) is 11.7. The molecule has 3 aromatic carbocycles. The molecule has 0 aliphatic heterocycles. The molecule has 3 rings (SSSR count).